The lowest BCUT2D eigenvalue weighted by atomic mass is 9.52. The number of hydrogen-bond donors (Lipinski definition) is 3. The highest BCUT2D eigenvalue weighted by Crippen LogP contribution is 2.57. The molecular formula is C34H36N4O4. The van der Waals surface area contributed by atoms with Crippen LogP contribution >= 0.6 is 0 Å². The van der Waals surface area contributed by atoms with Crippen molar-refractivity contribution in [2.75, 3.05) is 21.7 Å². The molecule has 0 saturated heterocycles. The van der Waals surface area contributed by atoms with Crippen LogP contribution in [0.5, 0.6) is 0 Å². The van der Waals surface area contributed by atoms with Gasteiger partial charge in [0.2, 0.25) is 0 Å². The highest BCUT2D eigenvalue weighted by Gasteiger charge is 2.50. The lowest BCUT2D eigenvalue weighted by Crippen LogP contribution is -2.57. The van der Waals surface area contributed by atoms with E-state index in [0.717, 1.165) is 11.8 Å². The van der Waals surface area contributed by atoms with E-state index in [1.165, 1.54) is 32.1 Å². The highest BCUT2D eigenvalue weighted by atomic mass is 16.3. The molecule has 4 aliphatic carbocycles. The monoisotopic (exact) mass is 564 g/mol. The minimum Gasteiger partial charge on any atom is -0.392 e. The Balaban J connectivity index is 1.24. The molecule has 0 radical (unpaired) electrons. The van der Waals surface area contributed by atoms with E-state index >= 15 is 0 Å². The van der Waals surface area contributed by atoms with Crippen LogP contribution in [0.15, 0.2) is 78.9 Å². The summed E-state index contributed by atoms with van der Waals surface area (Å²) in [5, 5.41) is 14.9. The number of benzene rings is 3. The summed E-state index contributed by atoms with van der Waals surface area (Å²) in [5.41, 5.74) is 3.05. The van der Waals surface area contributed by atoms with Crippen LogP contribution in [0.4, 0.5) is 27.5 Å². The first-order valence-electron chi connectivity index (χ1n) is 15.0. The Morgan fingerprint density at radius 2 is 1.45 bits per heavy atom. The van der Waals surface area contributed by atoms with Crippen molar-refractivity contribution < 1.29 is 19.5 Å². The molecule has 1 atom stereocenters. The van der Waals surface area contributed by atoms with Crippen LogP contribution in [0, 0.1) is 29.6 Å². The average Bonchev–Trinajstić information content (AvgIpc) is 3.07. The number of rotatable bonds is 6. The van der Waals surface area contributed by atoms with Gasteiger partial charge in [0.05, 0.1) is 18.0 Å². The average molecular weight is 565 g/mol. The number of nitrogens with one attached hydrogen (secondary N) is 2. The summed E-state index contributed by atoms with van der Waals surface area (Å²) in [6.45, 7) is 0.375. The molecule has 4 bridgehead atoms. The van der Waals surface area contributed by atoms with Crippen molar-refractivity contribution in [3.8, 4) is 0 Å². The molecule has 8 heteroatoms. The largest absolute Gasteiger partial charge is 0.392 e. The van der Waals surface area contributed by atoms with E-state index in [0.29, 0.717) is 52.6 Å². The first kappa shape index (κ1) is 26.7. The second kappa shape index (κ2) is 10.9. The molecule has 0 aromatic heterocycles. The van der Waals surface area contributed by atoms with E-state index in [1.807, 2.05) is 54.6 Å². The van der Waals surface area contributed by atoms with Crippen molar-refractivity contribution in [1.82, 2.24) is 5.32 Å². The Labute approximate surface area is 245 Å². The van der Waals surface area contributed by atoms with Gasteiger partial charge in [-0.2, -0.15) is 0 Å². The lowest BCUT2D eigenvalue weighted by Gasteiger charge is -2.55. The zero-order chi connectivity index (χ0) is 28.8. The van der Waals surface area contributed by atoms with Gasteiger partial charge in [-0.05, 0) is 104 Å². The smallest absolute Gasteiger partial charge is 0.320 e. The minimum absolute atomic E-state index is 0.166. The first-order chi connectivity index (χ1) is 20.5. The molecule has 216 valence electrons. The van der Waals surface area contributed by atoms with E-state index in [4.69, 9.17) is 0 Å². The van der Waals surface area contributed by atoms with Crippen LogP contribution in [0.2, 0.25) is 0 Å². The zero-order valence-electron chi connectivity index (χ0n) is 23.5. The third-order valence-electron chi connectivity index (χ3n) is 9.87. The summed E-state index contributed by atoms with van der Waals surface area (Å²) in [6, 6.07) is 21.6. The Morgan fingerprint density at radius 3 is 2.14 bits per heavy atom. The molecule has 8 rings (SSSR count). The van der Waals surface area contributed by atoms with Gasteiger partial charge in [0.15, 0.2) is 6.04 Å². The van der Waals surface area contributed by atoms with Crippen LogP contribution in [0.1, 0.15) is 37.7 Å². The normalized spacial score (nSPS) is 27.9. The third kappa shape index (κ3) is 4.83. The fraction of sp³-hybridized carbons (Fsp3) is 0.382. The molecule has 8 nitrogen and oxygen atoms in total. The van der Waals surface area contributed by atoms with Gasteiger partial charge >= 0.3 is 6.03 Å². The maximum absolute atomic E-state index is 14.5. The Bertz CT molecular complexity index is 1480. The summed E-state index contributed by atoms with van der Waals surface area (Å²) in [5.74, 6) is 2.27. The van der Waals surface area contributed by atoms with Crippen molar-refractivity contribution in [1.29, 1.82) is 0 Å². The molecule has 4 amide bonds. The SMILES string of the molecule is O=C(Nc1cccc(CO)c1)NC1C(=O)N(CC2C3CC4CC(C3)CC2C4)c2ccccc2N(c2ccccc2)C1=O. The van der Waals surface area contributed by atoms with Crippen LogP contribution in [0.25, 0.3) is 0 Å². The number of amides is 4. The fourth-order valence-corrected chi connectivity index (χ4v) is 8.26. The molecule has 4 fully saturated rings. The zero-order valence-corrected chi connectivity index (χ0v) is 23.5. The quantitative estimate of drug-likeness (QED) is 0.347. The van der Waals surface area contributed by atoms with E-state index in [2.05, 4.69) is 10.6 Å². The summed E-state index contributed by atoms with van der Waals surface area (Å²) < 4.78 is 0. The third-order valence-corrected chi connectivity index (χ3v) is 9.87. The van der Waals surface area contributed by atoms with Crippen molar-refractivity contribution in [3.63, 3.8) is 0 Å². The predicted molar refractivity (Wildman–Crippen MR) is 161 cm³/mol. The molecule has 1 unspecified atom stereocenters. The second-order valence-corrected chi connectivity index (χ2v) is 12.4. The summed E-state index contributed by atoms with van der Waals surface area (Å²) in [4.78, 5) is 45.4. The van der Waals surface area contributed by atoms with Gasteiger partial charge in [0, 0.05) is 17.9 Å². The summed E-state index contributed by atoms with van der Waals surface area (Å²) >= 11 is 0. The van der Waals surface area contributed by atoms with Crippen LogP contribution in [-0.2, 0) is 16.2 Å². The van der Waals surface area contributed by atoms with Gasteiger partial charge < -0.3 is 20.6 Å². The molecule has 42 heavy (non-hydrogen) atoms. The molecule has 1 heterocycles. The van der Waals surface area contributed by atoms with Crippen molar-refractivity contribution >= 4 is 40.6 Å². The number of carbonyl (C=O) groups is 3. The van der Waals surface area contributed by atoms with Crippen molar-refractivity contribution in [3.05, 3.63) is 84.4 Å². The van der Waals surface area contributed by atoms with Gasteiger partial charge in [-0.1, -0.05) is 42.5 Å². The minimum atomic E-state index is -1.42. The fourth-order valence-electron chi connectivity index (χ4n) is 8.26. The number of carbonyl (C=O) groups excluding carboxylic acids is 3. The molecule has 5 aliphatic rings. The molecule has 1 aliphatic heterocycles. The molecule has 3 aromatic rings. The number of aliphatic hydroxyl groups excluding tert-OH is 1. The van der Waals surface area contributed by atoms with Crippen LogP contribution in [0.3, 0.4) is 0 Å². The van der Waals surface area contributed by atoms with E-state index < -0.39 is 23.9 Å². The van der Waals surface area contributed by atoms with E-state index in [1.54, 1.807) is 34.1 Å². The number of para-hydroxylation sites is 3. The van der Waals surface area contributed by atoms with E-state index in [9.17, 15) is 19.5 Å². The van der Waals surface area contributed by atoms with Crippen LogP contribution in [-0.4, -0.2) is 35.5 Å². The standard InChI is InChI=1S/C34H36N4O4/c39-20-21-7-6-8-26(18-21)35-34(42)36-31-32(40)37(19-28-24-14-22-13-23(16-24)17-25(28)15-22)29-11-4-5-12-30(29)38(33(31)41)27-9-2-1-3-10-27/h1-12,18,22-25,28,31,39H,13-17,19-20H2,(H2,35,36,42). The maximum atomic E-state index is 14.5. The topological polar surface area (TPSA) is 102 Å². The van der Waals surface area contributed by atoms with Crippen molar-refractivity contribution in [2.45, 2.75) is 44.8 Å². The highest BCUT2D eigenvalue weighted by molar-refractivity contribution is 6.24. The number of anilines is 4. The van der Waals surface area contributed by atoms with Gasteiger partial charge in [-0.3, -0.25) is 14.5 Å². The number of aliphatic hydroxyl groups is 1. The summed E-state index contributed by atoms with van der Waals surface area (Å²) in [6.07, 6.45) is 6.27. The number of hydrogen-bond acceptors (Lipinski definition) is 4. The maximum Gasteiger partial charge on any atom is 0.320 e. The Kier molecular flexibility index (Phi) is 6.94. The number of fused-ring (bicyclic) bond motifs is 1. The Hall–Kier alpha value is -4.17. The lowest BCUT2D eigenvalue weighted by molar-refractivity contribution is -0.128. The van der Waals surface area contributed by atoms with Crippen molar-refractivity contribution in [2.24, 2.45) is 29.6 Å². The predicted octanol–water partition coefficient (Wildman–Crippen LogP) is 5.45. The molecule has 3 N–H and O–H groups in total. The van der Waals surface area contributed by atoms with Gasteiger partial charge in [0.1, 0.15) is 0 Å². The van der Waals surface area contributed by atoms with Gasteiger partial charge in [0.25, 0.3) is 11.8 Å². The first-order valence-corrected chi connectivity index (χ1v) is 15.0. The Morgan fingerprint density at radius 1 is 0.786 bits per heavy atom. The number of nitrogens with zero attached hydrogens (tertiary/aromatic N) is 2. The van der Waals surface area contributed by atoms with E-state index in [-0.39, 0.29) is 6.61 Å². The van der Waals surface area contributed by atoms with Gasteiger partial charge in [-0.25, -0.2) is 4.79 Å². The van der Waals surface area contributed by atoms with Crippen LogP contribution < -0.4 is 20.4 Å². The molecule has 4 saturated carbocycles. The summed E-state index contributed by atoms with van der Waals surface area (Å²) in [7, 11) is 0. The number of urea groups is 1. The second-order valence-electron chi connectivity index (χ2n) is 12.4. The van der Waals surface area contributed by atoms with Gasteiger partial charge in [-0.15, -0.1) is 0 Å². The molecule has 0 spiro atoms. The molecular weight excluding hydrogens is 528 g/mol. The molecule has 3 aromatic carbocycles.